The van der Waals surface area contributed by atoms with Crippen LogP contribution in [0.3, 0.4) is 0 Å². The summed E-state index contributed by atoms with van der Waals surface area (Å²) in [6.45, 7) is 6.61. The lowest BCUT2D eigenvalue weighted by Crippen LogP contribution is -2.22. The molecule has 0 N–H and O–H groups in total. The number of rotatable bonds is 9. The van der Waals surface area contributed by atoms with Crippen molar-refractivity contribution in [3.8, 4) is 0 Å². The molecule has 1 aliphatic heterocycles. The van der Waals surface area contributed by atoms with Gasteiger partial charge in [0.15, 0.2) is 0 Å². The summed E-state index contributed by atoms with van der Waals surface area (Å²) in [5, 5.41) is 0. The maximum absolute atomic E-state index is 5.67. The molecule has 106 valence electrons. The Labute approximate surface area is 110 Å². The molecule has 1 saturated carbocycles. The Hall–Kier alpha value is -0.160. The van der Waals surface area contributed by atoms with Gasteiger partial charge in [0.05, 0.1) is 19.8 Å². The summed E-state index contributed by atoms with van der Waals surface area (Å²) in [4.78, 5) is 0. The van der Waals surface area contributed by atoms with Crippen LogP contribution in [-0.2, 0) is 18.9 Å². The molecule has 18 heavy (non-hydrogen) atoms. The summed E-state index contributed by atoms with van der Waals surface area (Å²) in [5.41, 5.74) is 0. The summed E-state index contributed by atoms with van der Waals surface area (Å²) in [6.07, 6.45) is 5.47. The van der Waals surface area contributed by atoms with Gasteiger partial charge < -0.3 is 18.9 Å². The Bertz CT molecular complexity index is 210. The van der Waals surface area contributed by atoms with Crippen molar-refractivity contribution in [2.24, 2.45) is 11.8 Å². The first-order valence-corrected chi connectivity index (χ1v) is 7.23. The highest BCUT2D eigenvalue weighted by atomic mass is 16.7. The third-order valence-electron chi connectivity index (χ3n) is 3.75. The molecular formula is C14H26O4. The van der Waals surface area contributed by atoms with E-state index in [-0.39, 0.29) is 0 Å². The van der Waals surface area contributed by atoms with Crippen molar-refractivity contribution in [3.05, 3.63) is 0 Å². The van der Waals surface area contributed by atoms with Crippen LogP contribution in [0.2, 0.25) is 0 Å². The van der Waals surface area contributed by atoms with Crippen LogP contribution in [0.25, 0.3) is 0 Å². The van der Waals surface area contributed by atoms with Crippen molar-refractivity contribution >= 4 is 0 Å². The second-order valence-electron chi connectivity index (χ2n) is 5.36. The Morgan fingerprint density at radius 1 is 0.889 bits per heavy atom. The van der Waals surface area contributed by atoms with E-state index in [4.69, 9.17) is 18.9 Å². The van der Waals surface area contributed by atoms with Gasteiger partial charge in [0.1, 0.15) is 12.9 Å². The fraction of sp³-hybridized carbons (Fsp3) is 1.00. The molecule has 2 fully saturated rings. The van der Waals surface area contributed by atoms with Crippen LogP contribution >= 0.6 is 0 Å². The zero-order chi connectivity index (χ0) is 12.6. The highest BCUT2D eigenvalue weighted by Gasteiger charge is 2.25. The summed E-state index contributed by atoms with van der Waals surface area (Å²) >= 11 is 0. The molecule has 0 bridgehead atoms. The first-order chi connectivity index (χ1) is 8.88. The summed E-state index contributed by atoms with van der Waals surface area (Å²) < 4.78 is 21.5. The smallest absolute Gasteiger partial charge is 0.146 e. The second-order valence-corrected chi connectivity index (χ2v) is 5.36. The zero-order valence-electron chi connectivity index (χ0n) is 11.4. The van der Waals surface area contributed by atoms with Gasteiger partial charge >= 0.3 is 0 Å². The first kappa shape index (κ1) is 14.3. The van der Waals surface area contributed by atoms with Gasteiger partial charge in [-0.05, 0) is 44.4 Å². The van der Waals surface area contributed by atoms with Crippen LogP contribution in [0.5, 0.6) is 0 Å². The highest BCUT2D eigenvalue weighted by Crippen LogP contribution is 2.29. The topological polar surface area (TPSA) is 40.2 Å². The van der Waals surface area contributed by atoms with Gasteiger partial charge in [-0.25, -0.2) is 0 Å². The average Bonchev–Trinajstić information content (AvgIpc) is 3.21. The zero-order valence-corrected chi connectivity index (χ0v) is 11.4. The van der Waals surface area contributed by atoms with E-state index in [1.807, 2.05) is 6.92 Å². The molecule has 2 rings (SSSR count). The van der Waals surface area contributed by atoms with Crippen LogP contribution in [-0.4, -0.2) is 45.9 Å². The predicted octanol–water partition coefficient (Wildman–Crippen LogP) is 2.22. The molecule has 0 amide bonds. The van der Waals surface area contributed by atoms with E-state index >= 15 is 0 Å². The summed E-state index contributed by atoms with van der Waals surface area (Å²) in [6, 6.07) is 0. The lowest BCUT2D eigenvalue weighted by molar-refractivity contribution is -0.0658. The monoisotopic (exact) mass is 258 g/mol. The Morgan fingerprint density at radius 3 is 2.06 bits per heavy atom. The van der Waals surface area contributed by atoms with Crippen LogP contribution in [0, 0.1) is 11.8 Å². The molecule has 0 spiro atoms. The Balaban J connectivity index is 1.45. The van der Waals surface area contributed by atoms with E-state index < -0.39 is 0 Å². The number of epoxide rings is 1. The summed E-state index contributed by atoms with van der Waals surface area (Å²) in [7, 11) is 0. The third kappa shape index (κ3) is 5.65. The van der Waals surface area contributed by atoms with E-state index in [1.165, 1.54) is 25.7 Å². The van der Waals surface area contributed by atoms with E-state index in [0.29, 0.717) is 18.8 Å². The van der Waals surface area contributed by atoms with Crippen molar-refractivity contribution in [2.75, 3.05) is 39.8 Å². The maximum atomic E-state index is 5.67. The molecule has 1 atom stereocenters. The highest BCUT2D eigenvalue weighted by molar-refractivity contribution is 4.73. The minimum absolute atomic E-state index is 0.397. The van der Waals surface area contributed by atoms with E-state index in [0.717, 1.165) is 39.0 Å². The van der Waals surface area contributed by atoms with Gasteiger partial charge in [-0.3, -0.25) is 0 Å². The molecule has 0 aromatic rings. The van der Waals surface area contributed by atoms with Crippen LogP contribution < -0.4 is 0 Å². The van der Waals surface area contributed by atoms with Gasteiger partial charge in [-0.1, -0.05) is 0 Å². The molecule has 1 unspecified atom stereocenters. The molecule has 2 aliphatic rings. The molecule has 4 nitrogen and oxygen atoms in total. The average molecular weight is 258 g/mol. The maximum Gasteiger partial charge on any atom is 0.146 e. The van der Waals surface area contributed by atoms with Crippen LogP contribution in [0.1, 0.15) is 32.6 Å². The van der Waals surface area contributed by atoms with Gasteiger partial charge in [0.2, 0.25) is 0 Å². The largest absolute Gasteiger partial charge is 0.378 e. The van der Waals surface area contributed by atoms with Crippen molar-refractivity contribution in [1.29, 1.82) is 0 Å². The number of ether oxygens (including phenoxy) is 4. The number of hydrogen-bond donors (Lipinski definition) is 0. The fourth-order valence-electron chi connectivity index (χ4n) is 2.45. The molecule has 0 aromatic heterocycles. The standard InChI is InChI=1S/C14H26O4/c1-2-15-11-17-8-13-5-3-12(4-6-13)7-16-9-14-10-18-14/h12-14H,2-11H2,1H3. The molecule has 1 heterocycles. The summed E-state index contributed by atoms with van der Waals surface area (Å²) in [5.74, 6) is 1.46. The molecular weight excluding hydrogens is 232 g/mol. The van der Waals surface area contributed by atoms with Gasteiger partial charge in [-0.15, -0.1) is 0 Å². The molecule has 1 aliphatic carbocycles. The minimum atomic E-state index is 0.397. The van der Waals surface area contributed by atoms with Crippen molar-refractivity contribution < 1.29 is 18.9 Å². The first-order valence-electron chi connectivity index (χ1n) is 7.23. The Kier molecular flexibility index (Phi) is 6.41. The number of hydrogen-bond acceptors (Lipinski definition) is 4. The van der Waals surface area contributed by atoms with Crippen molar-refractivity contribution in [3.63, 3.8) is 0 Å². The predicted molar refractivity (Wildman–Crippen MR) is 68.5 cm³/mol. The van der Waals surface area contributed by atoms with Crippen LogP contribution in [0.4, 0.5) is 0 Å². The SMILES string of the molecule is CCOCOCC1CCC(COCC2CO2)CC1. The van der Waals surface area contributed by atoms with Crippen molar-refractivity contribution in [1.82, 2.24) is 0 Å². The minimum Gasteiger partial charge on any atom is -0.378 e. The van der Waals surface area contributed by atoms with Gasteiger partial charge in [-0.2, -0.15) is 0 Å². The molecule has 0 radical (unpaired) electrons. The van der Waals surface area contributed by atoms with Gasteiger partial charge in [0.25, 0.3) is 0 Å². The van der Waals surface area contributed by atoms with E-state index in [2.05, 4.69) is 0 Å². The molecule has 4 heteroatoms. The fourth-order valence-corrected chi connectivity index (χ4v) is 2.45. The van der Waals surface area contributed by atoms with Crippen LogP contribution in [0.15, 0.2) is 0 Å². The molecule has 1 saturated heterocycles. The lowest BCUT2D eigenvalue weighted by atomic mass is 9.83. The normalized spacial score (nSPS) is 31.5. The van der Waals surface area contributed by atoms with E-state index in [1.54, 1.807) is 0 Å². The van der Waals surface area contributed by atoms with Crippen molar-refractivity contribution in [2.45, 2.75) is 38.7 Å². The second kappa shape index (κ2) is 8.10. The Morgan fingerprint density at radius 2 is 1.50 bits per heavy atom. The van der Waals surface area contributed by atoms with Gasteiger partial charge in [0, 0.05) is 13.2 Å². The quantitative estimate of drug-likeness (QED) is 0.361. The lowest BCUT2D eigenvalue weighted by Gasteiger charge is -2.28. The van der Waals surface area contributed by atoms with E-state index in [9.17, 15) is 0 Å². The molecule has 0 aromatic carbocycles. The third-order valence-corrected chi connectivity index (χ3v) is 3.75.